The lowest BCUT2D eigenvalue weighted by atomic mass is 10.1. The second-order valence-electron chi connectivity index (χ2n) is 6.72. The van der Waals surface area contributed by atoms with E-state index in [-0.39, 0.29) is 12.5 Å². The summed E-state index contributed by atoms with van der Waals surface area (Å²) < 4.78 is 11.1. The van der Waals surface area contributed by atoms with Gasteiger partial charge in [-0.05, 0) is 23.3 Å². The number of para-hydroxylation sites is 1. The van der Waals surface area contributed by atoms with E-state index in [9.17, 15) is 4.79 Å². The Labute approximate surface area is 174 Å². The van der Waals surface area contributed by atoms with Gasteiger partial charge in [-0.25, -0.2) is 0 Å². The van der Waals surface area contributed by atoms with Crippen LogP contribution in [0.2, 0.25) is 0 Å². The van der Waals surface area contributed by atoms with E-state index in [1.54, 1.807) is 6.07 Å². The first kappa shape index (κ1) is 19.4. The van der Waals surface area contributed by atoms with Crippen molar-refractivity contribution in [2.24, 2.45) is 0 Å². The summed E-state index contributed by atoms with van der Waals surface area (Å²) in [5, 5.41) is 6.93. The number of benzene rings is 3. The van der Waals surface area contributed by atoms with E-state index in [1.807, 2.05) is 78.9 Å². The average Bonchev–Trinajstić information content (AvgIpc) is 3.26. The Morgan fingerprint density at radius 3 is 2.30 bits per heavy atom. The zero-order valence-electron chi connectivity index (χ0n) is 16.3. The number of carbonyl (C=O) groups excluding carboxylic acids is 1. The summed E-state index contributed by atoms with van der Waals surface area (Å²) >= 11 is 0. The molecule has 0 bridgehead atoms. The van der Waals surface area contributed by atoms with E-state index >= 15 is 0 Å². The van der Waals surface area contributed by atoms with Gasteiger partial charge in [0.05, 0.1) is 12.0 Å². The lowest BCUT2D eigenvalue weighted by Crippen LogP contribution is -2.28. The highest BCUT2D eigenvalue weighted by atomic mass is 16.5. The highest BCUT2D eigenvalue weighted by molar-refractivity contribution is 5.78. The number of hydrogen-bond donors (Lipinski definition) is 1. The fraction of sp³-hybridized carbons (Fsp3) is 0.125. The van der Waals surface area contributed by atoms with E-state index in [1.165, 1.54) is 0 Å². The Kier molecular flexibility index (Phi) is 6.15. The Morgan fingerprint density at radius 2 is 1.53 bits per heavy atom. The van der Waals surface area contributed by atoms with Gasteiger partial charge in [-0.15, -0.1) is 0 Å². The molecule has 4 aromatic rings. The van der Waals surface area contributed by atoms with Crippen LogP contribution in [0.15, 0.2) is 89.5 Å². The van der Waals surface area contributed by atoms with Crippen LogP contribution in [0.3, 0.4) is 0 Å². The van der Waals surface area contributed by atoms with Crippen LogP contribution >= 0.6 is 0 Å². The topological polar surface area (TPSA) is 77.2 Å². The molecule has 0 aliphatic heterocycles. The molecule has 0 radical (unpaired) electrons. The molecule has 0 aliphatic rings. The lowest BCUT2D eigenvalue weighted by Gasteiger charge is -2.10. The van der Waals surface area contributed by atoms with Crippen LogP contribution < -0.4 is 10.1 Å². The zero-order chi connectivity index (χ0) is 20.6. The fourth-order valence-electron chi connectivity index (χ4n) is 2.97. The quantitative estimate of drug-likeness (QED) is 0.484. The molecule has 3 aromatic carbocycles. The molecule has 0 unspecified atom stereocenters. The van der Waals surface area contributed by atoms with Gasteiger partial charge in [0.2, 0.25) is 11.7 Å². The number of amides is 1. The molecule has 1 N–H and O–H groups in total. The predicted molar refractivity (Wildman–Crippen MR) is 113 cm³/mol. The standard InChI is InChI=1S/C24H21N3O3/c28-22(25-16-19-11-5-2-6-12-19)17-29-21-14-8-7-13-20(21)24-26-23(30-27-24)15-18-9-3-1-4-10-18/h1-14H,15-17H2,(H,25,28). The molecular weight excluding hydrogens is 378 g/mol. The third-order valence-corrected chi connectivity index (χ3v) is 4.49. The van der Waals surface area contributed by atoms with E-state index in [0.717, 1.165) is 11.1 Å². The number of hydrogen-bond acceptors (Lipinski definition) is 5. The van der Waals surface area contributed by atoms with Gasteiger partial charge in [0, 0.05) is 6.54 Å². The molecule has 0 saturated heterocycles. The van der Waals surface area contributed by atoms with Crippen molar-refractivity contribution in [2.45, 2.75) is 13.0 Å². The Morgan fingerprint density at radius 1 is 0.867 bits per heavy atom. The summed E-state index contributed by atoms with van der Waals surface area (Å²) in [4.78, 5) is 16.6. The Balaban J connectivity index is 1.38. The average molecular weight is 399 g/mol. The van der Waals surface area contributed by atoms with E-state index in [0.29, 0.717) is 36.0 Å². The molecule has 0 saturated carbocycles. The van der Waals surface area contributed by atoms with Crippen molar-refractivity contribution in [3.05, 3.63) is 102 Å². The number of carbonyl (C=O) groups is 1. The summed E-state index contributed by atoms with van der Waals surface area (Å²) in [6.45, 7) is 0.358. The third-order valence-electron chi connectivity index (χ3n) is 4.49. The van der Waals surface area contributed by atoms with Crippen molar-refractivity contribution < 1.29 is 14.1 Å². The van der Waals surface area contributed by atoms with Gasteiger partial charge in [-0.2, -0.15) is 4.98 Å². The number of rotatable bonds is 8. The highest BCUT2D eigenvalue weighted by Gasteiger charge is 2.14. The van der Waals surface area contributed by atoms with Gasteiger partial charge in [-0.3, -0.25) is 4.79 Å². The van der Waals surface area contributed by atoms with Gasteiger partial charge in [0.25, 0.3) is 5.91 Å². The van der Waals surface area contributed by atoms with Gasteiger partial charge in [0.15, 0.2) is 6.61 Å². The monoisotopic (exact) mass is 399 g/mol. The second-order valence-corrected chi connectivity index (χ2v) is 6.72. The molecule has 1 aromatic heterocycles. The van der Waals surface area contributed by atoms with E-state index in [2.05, 4.69) is 15.5 Å². The molecule has 150 valence electrons. The van der Waals surface area contributed by atoms with Crippen molar-refractivity contribution in [2.75, 3.05) is 6.61 Å². The van der Waals surface area contributed by atoms with Crippen LogP contribution in [0.1, 0.15) is 17.0 Å². The Bertz CT molecular complexity index is 1090. The molecule has 1 heterocycles. The first-order chi connectivity index (χ1) is 14.8. The smallest absolute Gasteiger partial charge is 0.258 e. The van der Waals surface area contributed by atoms with E-state index < -0.39 is 0 Å². The van der Waals surface area contributed by atoms with Crippen LogP contribution in [0.25, 0.3) is 11.4 Å². The summed E-state index contributed by atoms with van der Waals surface area (Å²) in [5.41, 5.74) is 2.80. The molecular formula is C24H21N3O3. The molecule has 6 nitrogen and oxygen atoms in total. The zero-order valence-corrected chi connectivity index (χ0v) is 16.3. The minimum absolute atomic E-state index is 0.0986. The Hall–Kier alpha value is -3.93. The summed E-state index contributed by atoms with van der Waals surface area (Å²) in [5.74, 6) is 1.28. The summed E-state index contributed by atoms with van der Waals surface area (Å²) in [6, 6.07) is 27.0. The van der Waals surface area contributed by atoms with Gasteiger partial charge in [0.1, 0.15) is 5.75 Å². The largest absolute Gasteiger partial charge is 0.483 e. The number of nitrogens with zero attached hydrogens (tertiary/aromatic N) is 2. The van der Waals surface area contributed by atoms with Gasteiger partial charge in [-0.1, -0.05) is 78.0 Å². The molecule has 0 spiro atoms. The van der Waals surface area contributed by atoms with Gasteiger partial charge < -0.3 is 14.6 Å². The minimum atomic E-state index is -0.202. The van der Waals surface area contributed by atoms with Gasteiger partial charge >= 0.3 is 0 Å². The molecule has 0 aliphatic carbocycles. The van der Waals surface area contributed by atoms with Crippen LogP contribution in [0.4, 0.5) is 0 Å². The van der Waals surface area contributed by atoms with Crippen LogP contribution in [0, 0.1) is 0 Å². The van der Waals surface area contributed by atoms with Crippen LogP contribution in [-0.4, -0.2) is 22.7 Å². The molecule has 0 atom stereocenters. The minimum Gasteiger partial charge on any atom is -0.483 e. The molecule has 6 heteroatoms. The normalized spacial score (nSPS) is 10.5. The highest BCUT2D eigenvalue weighted by Crippen LogP contribution is 2.27. The summed E-state index contributed by atoms with van der Waals surface area (Å²) in [6.07, 6.45) is 0.554. The summed E-state index contributed by atoms with van der Waals surface area (Å²) in [7, 11) is 0. The predicted octanol–water partition coefficient (Wildman–Crippen LogP) is 4.02. The molecule has 0 fully saturated rings. The fourth-order valence-corrected chi connectivity index (χ4v) is 2.97. The molecule has 4 rings (SSSR count). The maximum atomic E-state index is 12.2. The van der Waals surface area contributed by atoms with E-state index in [4.69, 9.17) is 9.26 Å². The van der Waals surface area contributed by atoms with Crippen molar-refractivity contribution in [3.8, 4) is 17.1 Å². The van der Waals surface area contributed by atoms with Crippen LogP contribution in [-0.2, 0) is 17.8 Å². The van der Waals surface area contributed by atoms with Crippen molar-refractivity contribution in [1.82, 2.24) is 15.5 Å². The van der Waals surface area contributed by atoms with Crippen molar-refractivity contribution in [1.29, 1.82) is 0 Å². The first-order valence-electron chi connectivity index (χ1n) is 9.67. The maximum absolute atomic E-state index is 12.2. The molecule has 30 heavy (non-hydrogen) atoms. The number of ether oxygens (including phenoxy) is 1. The van der Waals surface area contributed by atoms with Crippen LogP contribution in [0.5, 0.6) is 5.75 Å². The lowest BCUT2D eigenvalue weighted by molar-refractivity contribution is -0.123. The number of nitrogens with one attached hydrogen (secondary N) is 1. The number of aromatic nitrogens is 2. The first-order valence-corrected chi connectivity index (χ1v) is 9.67. The third kappa shape index (κ3) is 5.11. The second kappa shape index (κ2) is 9.52. The SMILES string of the molecule is O=C(COc1ccccc1-c1noc(Cc2ccccc2)n1)NCc1ccccc1. The maximum Gasteiger partial charge on any atom is 0.258 e. The van der Waals surface area contributed by atoms with Crippen molar-refractivity contribution in [3.63, 3.8) is 0 Å². The van der Waals surface area contributed by atoms with Crippen molar-refractivity contribution >= 4 is 5.91 Å². The molecule has 1 amide bonds.